The lowest BCUT2D eigenvalue weighted by molar-refractivity contribution is 0.329. The molecular weight excluding hydrogens is 449 g/mol. The lowest BCUT2D eigenvalue weighted by atomic mass is 9.87. The van der Waals surface area contributed by atoms with Gasteiger partial charge in [-0.05, 0) is 50.2 Å². The number of hydrogen-bond donors (Lipinski definition) is 2. The van der Waals surface area contributed by atoms with Crippen LogP contribution in [0.3, 0.4) is 0 Å². The highest BCUT2D eigenvalue weighted by atomic mass is 127. The fourth-order valence-electron chi connectivity index (χ4n) is 3.01. The van der Waals surface area contributed by atoms with Crippen LogP contribution in [-0.4, -0.2) is 39.8 Å². The maximum atomic E-state index is 12.2. The molecule has 142 valence electrons. The van der Waals surface area contributed by atoms with Crippen molar-refractivity contribution < 1.29 is 8.42 Å². The van der Waals surface area contributed by atoms with E-state index in [-0.39, 0.29) is 29.7 Å². The van der Waals surface area contributed by atoms with Gasteiger partial charge in [0, 0.05) is 19.6 Å². The van der Waals surface area contributed by atoms with E-state index in [0.29, 0.717) is 23.9 Å². The van der Waals surface area contributed by atoms with E-state index in [2.05, 4.69) is 22.5 Å². The third-order valence-electron chi connectivity index (χ3n) is 4.56. The quantitative estimate of drug-likeness (QED) is 0.285. The van der Waals surface area contributed by atoms with Crippen LogP contribution in [0.4, 0.5) is 0 Å². The van der Waals surface area contributed by atoms with E-state index in [0.717, 1.165) is 11.9 Å². The van der Waals surface area contributed by atoms with Gasteiger partial charge in [-0.25, -0.2) is 8.42 Å². The number of aliphatic imine (C=N–C) groups is 1. The molecule has 5 nitrogen and oxygen atoms in total. The minimum atomic E-state index is -3.20. The predicted molar refractivity (Wildman–Crippen MR) is 114 cm³/mol. The number of guanidine groups is 1. The van der Waals surface area contributed by atoms with Crippen molar-refractivity contribution >= 4 is 39.8 Å². The van der Waals surface area contributed by atoms with Gasteiger partial charge >= 0.3 is 0 Å². The molecule has 1 aromatic carbocycles. The highest BCUT2D eigenvalue weighted by molar-refractivity contribution is 14.0. The van der Waals surface area contributed by atoms with Crippen molar-refractivity contribution in [2.45, 2.75) is 50.0 Å². The Labute approximate surface area is 169 Å². The van der Waals surface area contributed by atoms with Crippen LogP contribution < -0.4 is 10.6 Å². The Kier molecular flexibility index (Phi) is 9.78. The standard InChI is InChI=1S/C18H29N3O2S.HI/c1-15-9-11-16(12-10-15)21-18(19-2)20-13-6-14-24(22,23)17-7-4-3-5-8-17;/h3-5,7-8,15-16H,6,9-14H2,1-2H3,(H2,19,20,21);1H. The summed E-state index contributed by atoms with van der Waals surface area (Å²) in [6, 6.07) is 9.09. The van der Waals surface area contributed by atoms with E-state index in [1.807, 2.05) is 6.07 Å². The normalized spacial score (nSPS) is 21.3. The Morgan fingerprint density at radius 3 is 2.40 bits per heavy atom. The third kappa shape index (κ3) is 7.52. The first kappa shape index (κ1) is 22.2. The molecule has 0 aromatic heterocycles. The molecule has 0 aliphatic heterocycles. The fraction of sp³-hybridized carbons (Fsp3) is 0.611. The number of benzene rings is 1. The van der Waals surface area contributed by atoms with Crippen molar-refractivity contribution in [1.29, 1.82) is 0 Å². The summed E-state index contributed by atoms with van der Waals surface area (Å²) in [5.74, 6) is 1.73. The Balaban J connectivity index is 0.00000312. The molecule has 0 heterocycles. The second-order valence-electron chi connectivity index (χ2n) is 6.59. The molecule has 0 atom stereocenters. The lowest BCUT2D eigenvalue weighted by Gasteiger charge is -2.28. The first-order valence-electron chi connectivity index (χ1n) is 8.76. The highest BCUT2D eigenvalue weighted by Crippen LogP contribution is 2.23. The van der Waals surface area contributed by atoms with Crippen LogP contribution in [0, 0.1) is 5.92 Å². The van der Waals surface area contributed by atoms with E-state index in [1.54, 1.807) is 31.3 Å². The molecule has 0 unspecified atom stereocenters. The Bertz CT molecular complexity index is 627. The predicted octanol–water partition coefficient (Wildman–Crippen LogP) is 3.21. The van der Waals surface area contributed by atoms with E-state index in [9.17, 15) is 8.42 Å². The van der Waals surface area contributed by atoms with Crippen LogP contribution >= 0.6 is 24.0 Å². The van der Waals surface area contributed by atoms with Gasteiger partial charge in [-0.2, -0.15) is 0 Å². The maximum absolute atomic E-state index is 12.2. The molecule has 0 bridgehead atoms. The molecule has 1 aromatic rings. The topological polar surface area (TPSA) is 70.6 Å². The van der Waals surface area contributed by atoms with E-state index in [1.165, 1.54) is 25.7 Å². The number of rotatable bonds is 6. The zero-order valence-electron chi connectivity index (χ0n) is 15.1. The molecule has 25 heavy (non-hydrogen) atoms. The van der Waals surface area contributed by atoms with Crippen LogP contribution in [0.2, 0.25) is 0 Å². The Hall–Kier alpha value is -0.830. The van der Waals surface area contributed by atoms with Crippen molar-refractivity contribution in [2.75, 3.05) is 19.3 Å². The van der Waals surface area contributed by atoms with Gasteiger partial charge in [0.05, 0.1) is 10.6 Å². The zero-order chi connectivity index (χ0) is 17.4. The summed E-state index contributed by atoms with van der Waals surface area (Å²) in [5.41, 5.74) is 0. The molecule has 1 fully saturated rings. The summed E-state index contributed by atoms with van der Waals surface area (Å²) >= 11 is 0. The summed E-state index contributed by atoms with van der Waals surface area (Å²) in [6.07, 6.45) is 5.40. The molecular formula is C18H30IN3O2S. The van der Waals surface area contributed by atoms with Crippen LogP contribution in [0.1, 0.15) is 39.0 Å². The molecule has 0 saturated heterocycles. The van der Waals surface area contributed by atoms with Gasteiger partial charge in [0.25, 0.3) is 0 Å². The van der Waals surface area contributed by atoms with Gasteiger partial charge in [-0.3, -0.25) is 4.99 Å². The SMILES string of the molecule is CN=C(NCCCS(=O)(=O)c1ccccc1)NC1CCC(C)CC1.I. The van der Waals surface area contributed by atoms with Gasteiger partial charge in [0.2, 0.25) is 0 Å². The molecule has 0 spiro atoms. The number of sulfone groups is 1. The van der Waals surface area contributed by atoms with Crippen LogP contribution in [-0.2, 0) is 9.84 Å². The van der Waals surface area contributed by atoms with Crippen molar-refractivity contribution in [3.63, 3.8) is 0 Å². The fourth-order valence-corrected chi connectivity index (χ4v) is 4.34. The smallest absolute Gasteiger partial charge is 0.191 e. The average molecular weight is 479 g/mol. The zero-order valence-corrected chi connectivity index (χ0v) is 18.2. The first-order chi connectivity index (χ1) is 11.5. The molecule has 2 rings (SSSR count). The Morgan fingerprint density at radius 2 is 1.80 bits per heavy atom. The molecule has 1 aliphatic carbocycles. The van der Waals surface area contributed by atoms with Crippen molar-refractivity contribution in [3.05, 3.63) is 30.3 Å². The van der Waals surface area contributed by atoms with Crippen molar-refractivity contribution in [1.82, 2.24) is 10.6 Å². The van der Waals surface area contributed by atoms with E-state index in [4.69, 9.17) is 0 Å². The average Bonchev–Trinajstić information content (AvgIpc) is 2.60. The third-order valence-corrected chi connectivity index (χ3v) is 6.38. The van der Waals surface area contributed by atoms with Crippen LogP contribution in [0.15, 0.2) is 40.2 Å². The number of halogens is 1. The molecule has 2 N–H and O–H groups in total. The summed E-state index contributed by atoms with van der Waals surface area (Å²) < 4.78 is 24.4. The highest BCUT2D eigenvalue weighted by Gasteiger charge is 2.19. The van der Waals surface area contributed by atoms with Gasteiger partial charge in [-0.15, -0.1) is 24.0 Å². The lowest BCUT2D eigenvalue weighted by Crippen LogP contribution is -2.45. The summed E-state index contributed by atoms with van der Waals surface area (Å²) in [5, 5.41) is 6.67. The van der Waals surface area contributed by atoms with Gasteiger partial charge in [0.15, 0.2) is 15.8 Å². The van der Waals surface area contributed by atoms with Crippen LogP contribution in [0.25, 0.3) is 0 Å². The molecule has 1 saturated carbocycles. The van der Waals surface area contributed by atoms with Crippen molar-refractivity contribution in [2.24, 2.45) is 10.9 Å². The van der Waals surface area contributed by atoms with Gasteiger partial charge in [-0.1, -0.05) is 25.1 Å². The largest absolute Gasteiger partial charge is 0.356 e. The first-order valence-corrected chi connectivity index (χ1v) is 10.4. The molecule has 1 aliphatic rings. The monoisotopic (exact) mass is 479 g/mol. The maximum Gasteiger partial charge on any atom is 0.191 e. The van der Waals surface area contributed by atoms with Gasteiger partial charge in [0.1, 0.15) is 0 Å². The molecule has 0 radical (unpaired) electrons. The van der Waals surface area contributed by atoms with Gasteiger partial charge < -0.3 is 10.6 Å². The minimum Gasteiger partial charge on any atom is -0.356 e. The Morgan fingerprint density at radius 1 is 1.16 bits per heavy atom. The second kappa shape index (κ2) is 11.0. The molecule has 7 heteroatoms. The minimum absolute atomic E-state index is 0. The second-order valence-corrected chi connectivity index (χ2v) is 8.69. The van der Waals surface area contributed by atoms with E-state index >= 15 is 0 Å². The summed E-state index contributed by atoms with van der Waals surface area (Å²) in [4.78, 5) is 4.63. The number of hydrogen-bond acceptors (Lipinski definition) is 3. The van der Waals surface area contributed by atoms with Crippen LogP contribution in [0.5, 0.6) is 0 Å². The molecule has 0 amide bonds. The summed E-state index contributed by atoms with van der Waals surface area (Å²) in [7, 11) is -1.45. The van der Waals surface area contributed by atoms with Crippen molar-refractivity contribution in [3.8, 4) is 0 Å². The number of nitrogens with zero attached hydrogens (tertiary/aromatic N) is 1. The number of nitrogens with one attached hydrogen (secondary N) is 2. The summed E-state index contributed by atoms with van der Waals surface area (Å²) in [6.45, 7) is 2.89. The van der Waals surface area contributed by atoms with E-state index < -0.39 is 9.84 Å².